The van der Waals surface area contributed by atoms with Gasteiger partial charge in [0, 0.05) is 19.3 Å². The molecule has 1 fully saturated rings. The van der Waals surface area contributed by atoms with E-state index in [1.54, 1.807) is 6.07 Å². The molecule has 7 nitrogen and oxygen atoms in total. The number of carbonyl (C=O) groups excluding carboxylic acids is 1. The van der Waals surface area contributed by atoms with Crippen LogP contribution in [-0.4, -0.2) is 55.7 Å². The molecule has 9 heteroatoms. The first-order valence-electron chi connectivity index (χ1n) is 10.4. The van der Waals surface area contributed by atoms with Gasteiger partial charge in [0.2, 0.25) is 15.9 Å². The van der Waals surface area contributed by atoms with E-state index in [0.29, 0.717) is 31.3 Å². The van der Waals surface area contributed by atoms with Crippen molar-refractivity contribution in [2.75, 3.05) is 32.1 Å². The minimum atomic E-state index is -3.57. The van der Waals surface area contributed by atoms with Gasteiger partial charge in [0.15, 0.2) is 0 Å². The summed E-state index contributed by atoms with van der Waals surface area (Å²) in [5, 5.41) is 5.90. The van der Waals surface area contributed by atoms with Crippen molar-refractivity contribution in [2.24, 2.45) is 0 Å². The molecule has 2 aromatic carbocycles. The van der Waals surface area contributed by atoms with Crippen LogP contribution in [0.1, 0.15) is 18.5 Å². The average Bonchev–Trinajstić information content (AvgIpc) is 2.83. The van der Waals surface area contributed by atoms with Gasteiger partial charge in [-0.15, -0.1) is 0 Å². The number of pyridine rings is 1. The Kier molecular flexibility index (Phi) is 7.10. The van der Waals surface area contributed by atoms with Crippen molar-refractivity contribution < 1.29 is 17.9 Å². The van der Waals surface area contributed by atoms with Crippen molar-refractivity contribution in [3.8, 4) is 0 Å². The van der Waals surface area contributed by atoms with Crippen LogP contribution in [0.2, 0.25) is 0 Å². The molecule has 3 aromatic rings. The molecule has 1 aliphatic rings. The van der Waals surface area contributed by atoms with Crippen LogP contribution >= 0.6 is 11.8 Å². The van der Waals surface area contributed by atoms with Gasteiger partial charge in [-0.3, -0.25) is 4.79 Å². The van der Waals surface area contributed by atoms with E-state index >= 15 is 0 Å². The Balaban J connectivity index is 1.32. The number of hydrogen-bond donors (Lipinski definition) is 1. The Labute approximate surface area is 192 Å². The molecule has 168 valence electrons. The lowest BCUT2D eigenvalue weighted by molar-refractivity contribution is -0.119. The molecule has 0 saturated carbocycles. The first-order valence-corrected chi connectivity index (χ1v) is 12.8. The van der Waals surface area contributed by atoms with E-state index in [0.717, 1.165) is 16.3 Å². The minimum absolute atomic E-state index is 0.109. The second-order valence-electron chi connectivity index (χ2n) is 7.53. The summed E-state index contributed by atoms with van der Waals surface area (Å²) in [4.78, 5) is 16.8. The summed E-state index contributed by atoms with van der Waals surface area (Å²) in [5.41, 5.74) is 1.04. The Morgan fingerprint density at radius 3 is 2.59 bits per heavy atom. The monoisotopic (exact) mass is 471 g/mol. The standard InChI is InChI=1S/C23H25N3O4S2/c1-17(19-7-6-18-4-2-3-5-20(18)14-19)25-22(27)16-31-23-9-8-21(15-24-23)32(28,29)26-10-12-30-13-11-26/h2-9,14-15,17H,10-13,16H2,1H3,(H,25,27). The maximum Gasteiger partial charge on any atom is 0.244 e. The second-order valence-corrected chi connectivity index (χ2v) is 10.5. The van der Waals surface area contributed by atoms with Gasteiger partial charge in [-0.2, -0.15) is 4.31 Å². The summed E-state index contributed by atoms with van der Waals surface area (Å²) in [7, 11) is -3.57. The lowest BCUT2D eigenvalue weighted by Crippen LogP contribution is -2.40. The predicted molar refractivity (Wildman–Crippen MR) is 125 cm³/mol. The smallest absolute Gasteiger partial charge is 0.244 e. The fraction of sp³-hybridized carbons (Fsp3) is 0.304. The van der Waals surface area contributed by atoms with E-state index in [2.05, 4.69) is 34.6 Å². The number of carbonyl (C=O) groups is 1. The number of morpholine rings is 1. The zero-order chi connectivity index (χ0) is 22.6. The first kappa shape index (κ1) is 22.7. The number of fused-ring (bicyclic) bond motifs is 1. The quantitative estimate of drug-likeness (QED) is 0.533. The number of nitrogens with zero attached hydrogens (tertiary/aromatic N) is 2. The van der Waals surface area contributed by atoms with Gasteiger partial charge in [0.05, 0.1) is 30.0 Å². The van der Waals surface area contributed by atoms with Gasteiger partial charge in [0.25, 0.3) is 0 Å². The van der Waals surface area contributed by atoms with Gasteiger partial charge < -0.3 is 10.1 Å². The lowest BCUT2D eigenvalue weighted by atomic mass is 10.0. The molecule has 1 atom stereocenters. The van der Waals surface area contributed by atoms with Gasteiger partial charge in [-0.1, -0.05) is 48.2 Å². The molecule has 1 saturated heterocycles. The molecule has 1 N–H and O–H groups in total. The Bertz CT molecular complexity index is 1190. The number of amides is 1. The minimum Gasteiger partial charge on any atom is -0.379 e. The third kappa shape index (κ3) is 5.29. The van der Waals surface area contributed by atoms with Crippen molar-refractivity contribution in [3.05, 3.63) is 66.4 Å². The van der Waals surface area contributed by atoms with Gasteiger partial charge >= 0.3 is 0 Å². The highest BCUT2D eigenvalue weighted by Gasteiger charge is 2.26. The normalized spacial score (nSPS) is 16.0. The van der Waals surface area contributed by atoms with Gasteiger partial charge in [-0.25, -0.2) is 13.4 Å². The predicted octanol–water partition coefficient (Wildman–Crippen LogP) is 3.23. The Hall–Kier alpha value is -2.46. The molecule has 1 unspecified atom stereocenters. The van der Waals surface area contributed by atoms with Crippen LogP contribution in [0, 0.1) is 0 Å². The Morgan fingerprint density at radius 2 is 1.88 bits per heavy atom. The van der Waals surface area contributed by atoms with Crippen molar-refractivity contribution in [2.45, 2.75) is 22.9 Å². The fourth-order valence-electron chi connectivity index (χ4n) is 3.52. The number of hydrogen-bond acceptors (Lipinski definition) is 6. The molecule has 0 bridgehead atoms. The van der Waals surface area contributed by atoms with E-state index < -0.39 is 10.0 Å². The summed E-state index contributed by atoms with van der Waals surface area (Å²) >= 11 is 1.27. The molecule has 1 aromatic heterocycles. The van der Waals surface area contributed by atoms with Gasteiger partial charge in [0.1, 0.15) is 4.90 Å². The van der Waals surface area contributed by atoms with Crippen LogP contribution in [0.4, 0.5) is 0 Å². The Morgan fingerprint density at radius 1 is 1.12 bits per heavy atom. The molecule has 2 heterocycles. The largest absolute Gasteiger partial charge is 0.379 e. The van der Waals surface area contributed by atoms with Crippen molar-refractivity contribution >= 4 is 38.5 Å². The highest BCUT2D eigenvalue weighted by Crippen LogP contribution is 2.22. The number of aromatic nitrogens is 1. The maximum atomic E-state index is 12.7. The highest BCUT2D eigenvalue weighted by molar-refractivity contribution is 7.99. The number of nitrogens with one attached hydrogen (secondary N) is 1. The highest BCUT2D eigenvalue weighted by atomic mass is 32.2. The van der Waals surface area contributed by atoms with E-state index in [4.69, 9.17) is 4.74 Å². The number of benzene rings is 2. The third-order valence-corrected chi connectivity index (χ3v) is 8.15. The van der Waals surface area contributed by atoms with Crippen molar-refractivity contribution in [1.82, 2.24) is 14.6 Å². The topological polar surface area (TPSA) is 88.6 Å². The molecule has 32 heavy (non-hydrogen) atoms. The zero-order valence-electron chi connectivity index (χ0n) is 17.7. The molecule has 0 aliphatic carbocycles. The van der Waals surface area contributed by atoms with Crippen LogP contribution in [-0.2, 0) is 19.6 Å². The molecule has 4 rings (SSSR count). The average molecular weight is 472 g/mol. The number of sulfonamides is 1. The van der Waals surface area contributed by atoms with Crippen LogP contribution in [0.5, 0.6) is 0 Å². The molecule has 0 spiro atoms. The lowest BCUT2D eigenvalue weighted by Gasteiger charge is -2.25. The first-order chi connectivity index (χ1) is 15.4. The SMILES string of the molecule is CC(NC(=O)CSc1ccc(S(=O)(=O)N2CCOCC2)cn1)c1ccc2ccccc2c1. The van der Waals surface area contributed by atoms with E-state index in [-0.39, 0.29) is 22.6 Å². The molecular formula is C23H25N3O4S2. The van der Waals surface area contributed by atoms with Crippen LogP contribution in [0.15, 0.2) is 70.7 Å². The van der Waals surface area contributed by atoms with E-state index in [1.807, 2.05) is 25.1 Å². The van der Waals surface area contributed by atoms with E-state index in [9.17, 15) is 13.2 Å². The molecular weight excluding hydrogens is 446 g/mol. The number of thioether (sulfide) groups is 1. The summed E-state index contributed by atoms with van der Waals surface area (Å²) in [5.74, 6) is 0.0861. The van der Waals surface area contributed by atoms with Crippen molar-refractivity contribution in [1.29, 1.82) is 0 Å². The summed E-state index contributed by atoms with van der Waals surface area (Å²) in [6, 6.07) is 17.3. The van der Waals surface area contributed by atoms with Crippen molar-refractivity contribution in [3.63, 3.8) is 0 Å². The molecule has 0 radical (unpaired) electrons. The molecule has 1 aliphatic heterocycles. The van der Waals surface area contributed by atoms with E-state index in [1.165, 1.54) is 28.3 Å². The molecule has 1 amide bonds. The number of ether oxygens (including phenoxy) is 1. The summed E-state index contributed by atoms with van der Waals surface area (Å²) in [6.45, 7) is 3.43. The maximum absolute atomic E-state index is 12.7. The summed E-state index contributed by atoms with van der Waals surface area (Å²) in [6.07, 6.45) is 1.35. The van der Waals surface area contributed by atoms with Gasteiger partial charge in [-0.05, 0) is 41.5 Å². The number of rotatable bonds is 7. The summed E-state index contributed by atoms with van der Waals surface area (Å²) < 4.78 is 31.9. The zero-order valence-corrected chi connectivity index (χ0v) is 19.4. The van der Waals surface area contributed by atoms with Crippen LogP contribution in [0.3, 0.4) is 0 Å². The third-order valence-electron chi connectivity index (χ3n) is 5.32. The second kappa shape index (κ2) is 9.99. The van der Waals surface area contributed by atoms with Crippen LogP contribution < -0.4 is 5.32 Å². The fourth-order valence-corrected chi connectivity index (χ4v) is 5.53. The van der Waals surface area contributed by atoms with Crippen LogP contribution in [0.25, 0.3) is 10.8 Å².